The number of halogens is 1. The van der Waals surface area contributed by atoms with Gasteiger partial charge in [-0.15, -0.1) is 0 Å². The maximum Gasteiger partial charge on any atom is 0.250 e. The number of hydrogen-bond donors (Lipinski definition) is 4. The molecule has 1 atom stereocenters. The van der Waals surface area contributed by atoms with Crippen molar-refractivity contribution < 1.29 is 14.7 Å². The van der Waals surface area contributed by atoms with Crippen molar-refractivity contribution in [1.82, 2.24) is 4.98 Å². The van der Waals surface area contributed by atoms with Crippen LogP contribution >= 0.6 is 11.6 Å². The Hall–Kier alpha value is -2.64. The van der Waals surface area contributed by atoms with Gasteiger partial charge in [-0.2, -0.15) is 0 Å². The van der Waals surface area contributed by atoms with E-state index in [9.17, 15) is 9.59 Å². The first kappa shape index (κ1) is 17.7. The lowest BCUT2D eigenvalue weighted by Crippen LogP contribution is -2.32. The highest BCUT2D eigenvalue weighted by molar-refractivity contribution is 6.32. The molecule has 0 unspecified atom stereocenters. The Morgan fingerprint density at radius 2 is 1.96 bits per heavy atom. The Morgan fingerprint density at radius 1 is 1.21 bits per heavy atom. The molecule has 2 rings (SSSR count). The Balaban J connectivity index is 2.00. The van der Waals surface area contributed by atoms with E-state index in [-0.39, 0.29) is 11.1 Å². The molecule has 0 aliphatic rings. The number of hydrogen-bond acceptors (Lipinski definition) is 5. The average molecular weight is 349 g/mol. The van der Waals surface area contributed by atoms with E-state index in [1.807, 2.05) is 0 Å². The van der Waals surface area contributed by atoms with E-state index in [0.29, 0.717) is 17.1 Å². The fourth-order valence-electron chi connectivity index (χ4n) is 1.92. The first-order chi connectivity index (χ1) is 11.5. The minimum atomic E-state index is -0.595. The zero-order valence-electron chi connectivity index (χ0n) is 12.9. The van der Waals surface area contributed by atoms with Crippen molar-refractivity contribution >= 4 is 40.5 Å². The van der Waals surface area contributed by atoms with Crippen LogP contribution in [-0.2, 0) is 9.59 Å². The standard InChI is InChI=1S/C16H17ClN4O3/c1-10(16(24)21-13-6-3-7-18-15(13)17)19-11-4-2-5-12(8-11)20-14(23)9-22/h2-8,10,19,22H,9H2,1H3,(H,20,23)(H,21,24)/t10-/m1/s1. The third-order valence-corrected chi connectivity index (χ3v) is 3.38. The minimum absolute atomic E-state index is 0.215. The number of aliphatic hydroxyl groups excluding tert-OH is 1. The third-order valence-electron chi connectivity index (χ3n) is 3.08. The van der Waals surface area contributed by atoms with Crippen LogP contribution in [0.3, 0.4) is 0 Å². The Bertz CT molecular complexity index is 739. The molecule has 126 valence electrons. The quantitative estimate of drug-likeness (QED) is 0.599. The van der Waals surface area contributed by atoms with Crippen LogP contribution in [0.15, 0.2) is 42.6 Å². The van der Waals surface area contributed by atoms with Crippen LogP contribution in [0.1, 0.15) is 6.92 Å². The lowest BCUT2D eigenvalue weighted by molar-refractivity contribution is -0.119. The molecule has 24 heavy (non-hydrogen) atoms. The normalized spacial score (nSPS) is 11.5. The van der Waals surface area contributed by atoms with Gasteiger partial charge in [-0.05, 0) is 37.3 Å². The van der Waals surface area contributed by atoms with E-state index in [2.05, 4.69) is 20.9 Å². The van der Waals surface area contributed by atoms with Gasteiger partial charge in [0.25, 0.3) is 0 Å². The zero-order chi connectivity index (χ0) is 17.5. The van der Waals surface area contributed by atoms with Crippen molar-refractivity contribution in [3.63, 3.8) is 0 Å². The number of amides is 2. The molecule has 1 aromatic carbocycles. The Kier molecular flexibility index (Phi) is 6.11. The molecule has 0 saturated heterocycles. The molecule has 0 saturated carbocycles. The summed E-state index contributed by atoms with van der Waals surface area (Å²) < 4.78 is 0. The number of carbonyl (C=O) groups is 2. The van der Waals surface area contributed by atoms with Crippen LogP contribution in [0.5, 0.6) is 0 Å². The Labute approximate surface area is 144 Å². The zero-order valence-corrected chi connectivity index (χ0v) is 13.7. The summed E-state index contributed by atoms with van der Waals surface area (Å²) in [5.41, 5.74) is 1.59. The maximum absolute atomic E-state index is 12.2. The summed E-state index contributed by atoms with van der Waals surface area (Å²) in [6, 6.07) is 9.60. The van der Waals surface area contributed by atoms with Gasteiger partial charge in [0, 0.05) is 17.6 Å². The van der Waals surface area contributed by atoms with Crippen LogP contribution in [0.4, 0.5) is 17.1 Å². The first-order valence-electron chi connectivity index (χ1n) is 7.18. The van der Waals surface area contributed by atoms with Gasteiger partial charge >= 0.3 is 0 Å². The summed E-state index contributed by atoms with van der Waals surface area (Å²) >= 11 is 5.91. The van der Waals surface area contributed by atoms with Crippen LogP contribution in [0.2, 0.25) is 5.15 Å². The van der Waals surface area contributed by atoms with Gasteiger partial charge in [-0.1, -0.05) is 17.7 Å². The summed E-state index contributed by atoms with van der Waals surface area (Å²) in [6.07, 6.45) is 1.53. The number of aromatic nitrogens is 1. The minimum Gasteiger partial charge on any atom is -0.387 e. The third kappa shape index (κ3) is 4.94. The van der Waals surface area contributed by atoms with Crippen molar-refractivity contribution in [3.8, 4) is 0 Å². The highest BCUT2D eigenvalue weighted by atomic mass is 35.5. The number of pyridine rings is 1. The maximum atomic E-state index is 12.2. The largest absolute Gasteiger partial charge is 0.387 e. The molecule has 2 amide bonds. The SMILES string of the molecule is C[C@@H](Nc1cccc(NC(=O)CO)c1)C(=O)Nc1cccnc1Cl. The summed E-state index contributed by atoms with van der Waals surface area (Å²) in [5, 5.41) is 17.2. The molecule has 0 bridgehead atoms. The molecule has 4 N–H and O–H groups in total. The topological polar surface area (TPSA) is 103 Å². The molecule has 0 fully saturated rings. The molecule has 7 nitrogen and oxygen atoms in total. The van der Waals surface area contributed by atoms with Gasteiger partial charge < -0.3 is 21.1 Å². The van der Waals surface area contributed by atoms with E-state index >= 15 is 0 Å². The number of nitrogens with zero attached hydrogens (tertiary/aromatic N) is 1. The fourth-order valence-corrected chi connectivity index (χ4v) is 2.09. The van der Waals surface area contributed by atoms with Crippen LogP contribution in [-0.4, -0.2) is 34.6 Å². The summed E-state index contributed by atoms with van der Waals surface area (Å²) in [7, 11) is 0. The van der Waals surface area contributed by atoms with Crippen LogP contribution in [0.25, 0.3) is 0 Å². The molecular weight excluding hydrogens is 332 g/mol. The Morgan fingerprint density at radius 3 is 2.67 bits per heavy atom. The van der Waals surface area contributed by atoms with E-state index in [1.54, 1.807) is 43.3 Å². The molecule has 0 spiro atoms. The number of nitrogens with one attached hydrogen (secondary N) is 3. The van der Waals surface area contributed by atoms with Gasteiger partial charge in [0.1, 0.15) is 12.6 Å². The smallest absolute Gasteiger partial charge is 0.250 e. The summed E-state index contributed by atoms with van der Waals surface area (Å²) in [5.74, 6) is -0.793. The number of aliphatic hydroxyl groups is 1. The van der Waals surface area contributed by atoms with Crippen molar-refractivity contribution in [2.24, 2.45) is 0 Å². The summed E-state index contributed by atoms with van der Waals surface area (Å²) in [4.78, 5) is 27.3. The second-order valence-corrected chi connectivity index (χ2v) is 5.34. The van der Waals surface area contributed by atoms with E-state index in [1.165, 1.54) is 6.20 Å². The first-order valence-corrected chi connectivity index (χ1v) is 7.56. The molecule has 0 aliphatic carbocycles. The second kappa shape index (κ2) is 8.28. The molecule has 1 aromatic heterocycles. The predicted octanol–water partition coefficient (Wildman–Crippen LogP) is 2.10. The van der Waals surface area contributed by atoms with Gasteiger partial charge in [-0.25, -0.2) is 4.98 Å². The van der Waals surface area contributed by atoms with Crippen molar-refractivity contribution in [3.05, 3.63) is 47.7 Å². The predicted molar refractivity (Wildman–Crippen MR) is 93.1 cm³/mol. The van der Waals surface area contributed by atoms with Crippen molar-refractivity contribution in [2.45, 2.75) is 13.0 Å². The average Bonchev–Trinajstić information content (AvgIpc) is 2.57. The number of anilines is 3. The van der Waals surface area contributed by atoms with Crippen molar-refractivity contribution in [2.75, 3.05) is 22.6 Å². The molecular formula is C16H17ClN4O3. The molecule has 0 aliphatic heterocycles. The van der Waals surface area contributed by atoms with E-state index < -0.39 is 18.6 Å². The fraction of sp³-hybridized carbons (Fsp3) is 0.188. The molecule has 2 aromatic rings. The van der Waals surface area contributed by atoms with Crippen LogP contribution < -0.4 is 16.0 Å². The van der Waals surface area contributed by atoms with Gasteiger partial charge in [0.15, 0.2) is 5.15 Å². The van der Waals surface area contributed by atoms with Gasteiger partial charge in [-0.3, -0.25) is 9.59 Å². The van der Waals surface area contributed by atoms with Crippen molar-refractivity contribution in [1.29, 1.82) is 0 Å². The summed E-state index contributed by atoms with van der Waals surface area (Å²) in [6.45, 7) is 1.10. The van der Waals surface area contributed by atoms with E-state index in [0.717, 1.165) is 0 Å². The number of carbonyl (C=O) groups excluding carboxylic acids is 2. The second-order valence-electron chi connectivity index (χ2n) is 4.98. The monoisotopic (exact) mass is 348 g/mol. The molecule has 8 heteroatoms. The van der Waals surface area contributed by atoms with Crippen LogP contribution in [0, 0.1) is 0 Å². The number of benzene rings is 1. The lowest BCUT2D eigenvalue weighted by atomic mass is 10.2. The molecule has 0 radical (unpaired) electrons. The van der Waals surface area contributed by atoms with Gasteiger partial charge in [0.2, 0.25) is 11.8 Å². The number of rotatable bonds is 6. The molecule has 1 heterocycles. The van der Waals surface area contributed by atoms with E-state index in [4.69, 9.17) is 16.7 Å². The highest BCUT2D eigenvalue weighted by Crippen LogP contribution is 2.19. The highest BCUT2D eigenvalue weighted by Gasteiger charge is 2.14. The van der Waals surface area contributed by atoms with Gasteiger partial charge in [0.05, 0.1) is 5.69 Å². The lowest BCUT2D eigenvalue weighted by Gasteiger charge is -2.16.